The van der Waals surface area contributed by atoms with Crippen molar-refractivity contribution in [2.75, 3.05) is 4.90 Å². The van der Waals surface area contributed by atoms with Crippen molar-refractivity contribution >= 4 is 71.3 Å². The summed E-state index contributed by atoms with van der Waals surface area (Å²) in [6.07, 6.45) is 0. The monoisotopic (exact) mass is 713 g/mol. The fraction of sp³-hybridized carbons (Fsp3) is 0. The number of hydrogen-bond acceptors (Lipinski definition) is 2. The maximum absolute atomic E-state index is 6.91. The van der Waals surface area contributed by atoms with Crippen molar-refractivity contribution in [2.24, 2.45) is 0 Å². The Morgan fingerprint density at radius 1 is 0.286 bits per heavy atom. The molecule has 0 saturated heterocycles. The zero-order valence-electron chi connectivity index (χ0n) is 30.6. The van der Waals surface area contributed by atoms with Gasteiger partial charge in [0.05, 0.1) is 22.4 Å². The van der Waals surface area contributed by atoms with Gasteiger partial charge in [-0.1, -0.05) is 182 Å². The molecule has 0 unspecified atom stereocenters. The summed E-state index contributed by atoms with van der Waals surface area (Å²) in [5.74, 6) is 0. The van der Waals surface area contributed by atoms with Crippen LogP contribution >= 0.6 is 0 Å². The predicted octanol–water partition coefficient (Wildman–Crippen LogP) is 15.5. The Balaban J connectivity index is 1.22. The molecule has 2 heteroatoms. The van der Waals surface area contributed by atoms with E-state index in [0.29, 0.717) is 0 Å². The second-order valence-electron chi connectivity index (χ2n) is 14.4. The Morgan fingerprint density at radius 2 is 0.839 bits per heavy atom. The molecule has 0 spiro atoms. The number of rotatable bonds is 6. The lowest BCUT2D eigenvalue weighted by Crippen LogP contribution is -2.12. The van der Waals surface area contributed by atoms with Crippen LogP contribution in [-0.4, -0.2) is 0 Å². The van der Waals surface area contributed by atoms with E-state index in [0.717, 1.165) is 50.1 Å². The van der Waals surface area contributed by atoms with Gasteiger partial charge in [-0.2, -0.15) is 0 Å². The zero-order valence-corrected chi connectivity index (χ0v) is 30.6. The molecule has 0 atom stereocenters. The van der Waals surface area contributed by atoms with Crippen molar-refractivity contribution in [1.82, 2.24) is 0 Å². The first kappa shape index (κ1) is 32.0. The molecular weight excluding hydrogens is 679 g/mol. The smallest absolute Gasteiger partial charge is 0.145 e. The summed E-state index contributed by atoms with van der Waals surface area (Å²) in [6, 6.07) is 76.4. The van der Waals surface area contributed by atoms with Crippen molar-refractivity contribution < 1.29 is 4.42 Å². The topological polar surface area (TPSA) is 16.4 Å². The minimum Gasteiger partial charge on any atom is -0.455 e. The van der Waals surface area contributed by atoms with E-state index in [2.05, 4.69) is 217 Å². The van der Waals surface area contributed by atoms with E-state index in [9.17, 15) is 0 Å². The molecule has 0 N–H and O–H groups in total. The molecule has 2 nitrogen and oxygen atoms in total. The number of fused-ring (bicyclic) bond motifs is 7. The standard InChI is InChI=1S/C54H35NO/c1-3-14-36(15-4-1)37-28-30-40(31-29-37)44-34-35-50(53-47-21-9-10-27-51(47)56-54(44)53)55(49-26-11-19-41-33-32-39-18-7-8-20-43(39)52(41)49)48-25-13-23-45-42(22-12-24-46(45)48)38-16-5-2-6-17-38/h1-35H. The number of benzene rings is 10. The Labute approximate surface area is 325 Å². The van der Waals surface area contributed by atoms with Crippen molar-refractivity contribution in [1.29, 1.82) is 0 Å². The summed E-state index contributed by atoms with van der Waals surface area (Å²) in [4.78, 5) is 2.48. The van der Waals surface area contributed by atoms with Crippen molar-refractivity contribution in [3.63, 3.8) is 0 Å². The number of anilines is 3. The first-order valence-electron chi connectivity index (χ1n) is 19.2. The Bertz CT molecular complexity index is 3230. The van der Waals surface area contributed by atoms with Gasteiger partial charge in [-0.05, 0) is 79.7 Å². The molecule has 11 aromatic rings. The van der Waals surface area contributed by atoms with Gasteiger partial charge in [-0.3, -0.25) is 0 Å². The van der Waals surface area contributed by atoms with Crippen LogP contribution in [0.5, 0.6) is 0 Å². The molecule has 0 radical (unpaired) electrons. The summed E-state index contributed by atoms with van der Waals surface area (Å²) in [7, 11) is 0. The van der Waals surface area contributed by atoms with Gasteiger partial charge < -0.3 is 9.32 Å². The molecule has 0 amide bonds. The van der Waals surface area contributed by atoms with Gasteiger partial charge in [0.2, 0.25) is 0 Å². The van der Waals surface area contributed by atoms with Gasteiger partial charge in [0, 0.05) is 21.7 Å². The first-order chi connectivity index (χ1) is 27.8. The number of furan rings is 1. The Kier molecular flexibility index (Phi) is 7.53. The molecule has 0 saturated carbocycles. The predicted molar refractivity (Wildman–Crippen MR) is 237 cm³/mol. The normalized spacial score (nSPS) is 11.6. The quantitative estimate of drug-likeness (QED) is 0.160. The number of nitrogens with zero attached hydrogens (tertiary/aromatic N) is 1. The third-order valence-electron chi connectivity index (χ3n) is 11.3. The minimum absolute atomic E-state index is 0.865. The Hall–Kier alpha value is -7.42. The molecule has 10 aromatic carbocycles. The molecule has 0 bridgehead atoms. The van der Waals surface area contributed by atoms with Crippen molar-refractivity contribution in [3.05, 3.63) is 212 Å². The molecule has 1 aromatic heterocycles. The van der Waals surface area contributed by atoms with Gasteiger partial charge >= 0.3 is 0 Å². The van der Waals surface area contributed by atoms with E-state index in [-0.39, 0.29) is 0 Å². The maximum Gasteiger partial charge on any atom is 0.145 e. The molecule has 11 rings (SSSR count). The van der Waals surface area contributed by atoms with Gasteiger partial charge in [0.1, 0.15) is 11.2 Å². The first-order valence-corrected chi connectivity index (χ1v) is 19.2. The van der Waals surface area contributed by atoms with Crippen LogP contribution in [0.1, 0.15) is 0 Å². The molecule has 0 aliphatic carbocycles. The summed E-state index contributed by atoms with van der Waals surface area (Å²) < 4.78 is 6.91. The summed E-state index contributed by atoms with van der Waals surface area (Å²) in [5, 5.41) is 9.38. The molecule has 262 valence electrons. The highest BCUT2D eigenvalue weighted by atomic mass is 16.3. The average Bonchev–Trinajstić information content (AvgIpc) is 3.67. The van der Waals surface area contributed by atoms with Crippen LogP contribution in [0.25, 0.3) is 87.6 Å². The molecule has 1 heterocycles. The van der Waals surface area contributed by atoms with E-state index in [1.807, 2.05) is 0 Å². The van der Waals surface area contributed by atoms with Crippen LogP contribution in [0.2, 0.25) is 0 Å². The highest BCUT2D eigenvalue weighted by Gasteiger charge is 2.25. The van der Waals surface area contributed by atoms with E-state index in [1.165, 1.54) is 54.6 Å². The highest BCUT2D eigenvalue weighted by molar-refractivity contribution is 6.22. The third kappa shape index (κ3) is 5.19. The van der Waals surface area contributed by atoms with Crippen LogP contribution in [-0.2, 0) is 0 Å². The summed E-state index contributed by atoms with van der Waals surface area (Å²) >= 11 is 0. The molecule has 0 aliphatic rings. The molecule has 0 fully saturated rings. The largest absolute Gasteiger partial charge is 0.455 e. The lowest BCUT2D eigenvalue weighted by molar-refractivity contribution is 0.670. The van der Waals surface area contributed by atoms with Crippen LogP contribution in [0, 0.1) is 0 Å². The third-order valence-corrected chi connectivity index (χ3v) is 11.3. The fourth-order valence-electron chi connectivity index (χ4n) is 8.67. The summed E-state index contributed by atoms with van der Waals surface area (Å²) in [5.41, 5.74) is 12.0. The fourth-order valence-corrected chi connectivity index (χ4v) is 8.67. The van der Waals surface area contributed by atoms with Crippen LogP contribution < -0.4 is 4.90 Å². The number of hydrogen-bond donors (Lipinski definition) is 0. The minimum atomic E-state index is 0.865. The van der Waals surface area contributed by atoms with E-state index in [1.54, 1.807) is 0 Å². The number of para-hydroxylation sites is 1. The molecular formula is C54H35NO. The van der Waals surface area contributed by atoms with Gasteiger partial charge in [0.25, 0.3) is 0 Å². The van der Waals surface area contributed by atoms with Gasteiger partial charge in [-0.25, -0.2) is 0 Å². The maximum atomic E-state index is 6.91. The van der Waals surface area contributed by atoms with E-state index < -0.39 is 0 Å². The van der Waals surface area contributed by atoms with Crippen LogP contribution in [0.15, 0.2) is 217 Å². The molecule has 56 heavy (non-hydrogen) atoms. The highest BCUT2D eigenvalue weighted by Crippen LogP contribution is 2.50. The van der Waals surface area contributed by atoms with Crippen LogP contribution in [0.4, 0.5) is 17.1 Å². The van der Waals surface area contributed by atoms with Crippen molar-refractivity contribution in [3.8, 4) is 33.4 Å². The van der Waals surface area contributed by atoms with E-state index in [4.69, 9.17) is 4.42 Å². The van der Waals surface area contributed by atoms with Gasteiger partial charge in [-0.15, -0.1) is 0 Å². The average molecular weight is 714 g/mol. The lowest BCUT2D eigenvalue weighted by Gasteiger charge is -2.30. The van der Waals surface area contributed by atoms with Gasteiger partial charge in [0.15, 0.2) is 0 Å². The van der Waals surface area contributed by atoms with Crippen LogP contribution in [0.3, 0.4) is 0 Å². The lowest BCUT2D eigenvalue weighted by atomic mass is 9.94. The second-order valence-corrected chi connectivity index (χ2v) is 14.4. The molecule has 0 aliphatic heterocycles. The SMILES string of the molecule is c1ccc(-c2ccc(-c3ccc(N(c4cccc5c(-c6ccccc6)cccc45)c4cccc5ccc6ccccc6c45)c4c3oc3ccccc34)cc2)cc1. The summed E-state index contributed by atoms with van der Waals surface area (Å²) in [6.45, 7) is 0. The Morgan fingerprint density at radius 3 is 1.68 bits per heavy atom. The zero-order chi connectivity index (χ0) is 37.0. The second kappa shape index (κ2) is 13.2. The van der Waals surface area contributed by atoms with Crippen molar-refractivity contribution in [2.45, 2.75) is 0 Å². The van der Waals surface area contributed by atoms with E-state index >= 15 is 0 Å².